The van der Waals surface area contributed by atoms with E-state index in [9.17, 15) is 18.7 Å². The molecule has 1 rings (SSSR count). The number of nitro benzene ring substituents is 1. The highest BCUT2D eigenvalue weighted by atomic mass is 35.5. The summed E-state index contributed by atoms with van der Waals surface area (Å²) in [6.07, 6.45) is 2.17. The number of nitrogens with zero attached hydrogens (tertiary/aromatic N) is 1. The van der Waals surface area contributed by atoms with Crippen LogP contribution in [-0.4, -0.2) is 27.7 Å². The van der Waals surface area contributed by atoms with Gasteiger partial charge in [0.2, 0.25) is 0 Å². The van der Waals surface area contributed by atoms with Crippen molar-refractivity contribution < 1.29 is 13.5 Å². The van der Waals surface area contributed by atoms with E-state index in [1.54, 1.807) is 6.26 Å². The minimum absolute atomic E-state index is 0.160. The van der Waals surface area contributed by atoms with E-state index in [1.165, 1.54) is 6.07 Å². The minimum Gasteiger partial charge on any atom is -0.379 e. The van der Waals surface area contributed by atoms with Gasteiger partial charge in [-0.1, -0.05) is 11.6 Å². The zero-order valence-electron chi connectivity index (χ0n) is 9.61. The summed E-state index contributed by atoms with van der Waals surface area (Å²) < 4.78 is 23.9. The maximum absolute atomic E-state index is 13.1. The topological polar surface area (TPSA) is 72.2 Å². The third kappa shape index (κ3) is 4.23. The fourth-order valence-electron chi connectivity index (χ4n) is 1.33. The normalized spacial score (nSPS) is 12.2. The van der Waals surface area contributed by atoms with Gasteiger partial charge in [0, 0.05) is 29.4 Å². The number of nitro groups is 1. The summed E-state index contributed by atoms with van der Waals surface area (Å²) in [6, 6.07) is 1.96. The summed E-state index contributed by atoms with van der Waals surface area (Å²) in [7, 11) is -0.906. The van der Waals surface area contributed by atoms with Gasteiger partial charge in [-0.3, -0.25) is 14.3 Å². The molecule has 18 heavy (non-hydrogen) atoms. The van der Waals surface area contributed by atoms with Gasteiger partial charge >= 0.3 is 0 Å². The van der Waals surface area contributed by atoms with Crippen molar-refractivity contribution in [2.24, 2.45) is 0 Å². The monoisotopic (exact) mass is 294 g/mol. The Labute approximate surface area is 111 Å². The van der Waals surface area contributed by atoms with Crippen LogP contribution in [0.4, 0.5) is 15.8 Å². The first kappa shape index (κ1) is 14.8. The molecule has 0 aromatic heterocycles. The Bertz CT molecular complexity index is 484. The summed E-state index contributed by atoms with van der Waals surface area (Å²) in [5, 5.41) is 13.3. The maximum Gasteiger partial charge on any atom is 0.295 e. The Kier molecular flexibility index (Phi) is 5.49. The van der Waals surface area contributed by atoms with E-state index < -0.39 is 21.5 Å². The first-order valence-corrected chi connectivity index (χ1v) is 7.19. The molecule has 0 bridgehead atoms. The molecule has 0 spiro atoms. The van der Waals surface area contributed by atoms with Crippen LogP contribution in [0.15, 0.2) is 12.1 Å². The quantitative estimate of drug-likeness (QED) is 0.497. The van der Waals surface area contributed by atoms with Crippen LogP contribution in [0.5, 0.6) is 0 Å². The molecule has 5 nitrogen and oxygen atoms in total. The Morgan fingerprint density at radius 2 is 2.22 bits per heavy atom. The summed E-state index contributed by atoms with van der Waals surface area (Å²) in [5.41, 5.74) is -0.206. The first-order chi connectivity index (χ1) is 8.41. The molecular weight excluding hydrogens is 283 g/mol. The lowest BCUT2D eigenvalue weighted by Gasteiger charge is -2.07. The summed E-state index contributed by atoms with van der Waals surface area (Å²) in [6.45, 7) is 0.405. The van der Waals surface area contributed by atoms with Gasteiger partial charge in [-0.15, -0.1) is 0 Å². The van der Waals surface area contributed by atoms with Gasteiger partial charge in [0.1, 0.15) is 11.5 Å². The molecule has 0 fully saturated rings. The van der Waals surface area contributed by atoms with Crippen LogP contribution in [0.1, 0.15) is 6.42 Å². The molecule has 1 aromatic rings. The predicted octanol–water partition coefficient (Wildman–Crippen LogP) is 2.57. The van der Waals surface area contributed by atoms with E-state index >= 15 is 0 Å². The number of hydrogen-bond acceptors (Lipinski definition) is 4. The van der Waals surface area contributed by atoms with E-state index in [0.717, 1.165) is 6.07 Å². The standard InChI is InChI=1S/C10H12ClFN2O3S/c1-18(17)4-2-3-13-9-5-7(11)8(12)6-10(9)14(15)16/h5-6,13H,2-4H2,1H3. The summed E-state index contributed by atoms with van der Waals surface area (Å²) in [4.78, 5) is 10.1. The van der Waals surface area contributed by atoms with E-state index in [2.05, 4.69) is 5.32 Å². The number of halogens is 2. The number of anilines is 1. The lowest BCUT2D eigenvalue weighted by atomic mass is 10.2. The van der Waals surface area contributed by atoms with Gasteiger partial charge in [0.25, 0.3) is 5.69 Å². The Balaban J connectivity index is 2.77. The smallest absolute Gasteiger partial charge is 0.295 e. The van der Waals surface area contributed by atoms with Crippen LogP contribution >= 0.6 is 11.6 Å². The molecule has 0 amide bonds. The van der Waals surface area contributed by atoms with Gasteiger partial charge in [-0.25, -0.2) is 4.39 Å². The van der Waals surface area contributed by atoms with Crippen LogP contribution in [0.3, 0.4) is 0 Å². The van der Waals surface area contributed by atoms with Crippen molar-refractivity contribution in [3.63, 3.8) is 0 Å². The molecule has 0 radical (unpaired) electrons. The lowest BCUT2D eigenvalue weighted by molar-refractivity contribution is -0.384. The molecule has 1 unspecified atom stereocenters. The molecule has 0 saturated carbocycles. The Morgan fingerprint density at radius 3 is 2.78 bits per heavy atom. The number of hydrogen-bond donors (Lipinski definition) is 1. The molecule has 1 N–H and O–H groups in total. The second-order valence-corrected chi connectivity index (χ2v) is 5.56. The first-order valence-electron chi connectivity index (χ1n) is 5.09. The highest BCUT2D eigenvalue weighted by molar-refractivity contribution is 7.84. The Hall–Kier alpha value is -1.21. The van der Waals surface area contributed by atoms with Crippen molar-refractivity contribution in [3.05, 3.63) is 33.1 Å². The van der Waals surface area contributed by atoms with E-state index in [1.807, 2.05) is 0 Å². The largest absolute Gasteiger partial charge is 0.379 e. The third-order valence-electron chi connectivity index (χ3n) is 2.16. The van der Waals surface area contributed by atoms with Gasteiger partial charge in [0.15, 0.2) is 0 Å². The molecule has 0 saturated heterocycles. The Morgan fingerprint density at radius 1 is 1.56 bits per heavy atom. The average molecular weight is 295 g/mol. The summed E-state index contributed by atoms with van der Waals surface area (Å²) >= 11 is 5.57. The van der Waals surface area contributed by atoms with Crippen LogP contribution < -0.4 is 5.32 Å². The lowest BCUT2D eigenvalue weighted by Crippen LogP contribution is -2.08. The van der Waals surface area contributed by atoms with Gasteiger partial charge in [-0.2, -0.15) is 0 Å². The van der Waals surface area contributed by atoms with Gasteiger partial charge in [0.05, 0.1) is 16.0 Å². The second-order valence-electron chi connectivity index (χ2n) is 3.60. The molecular formula is C10H12ClFN2O3S. The predicted molar refractivity (Wildman–Crippen MR) is 70.1 cm³/mol. The fraction of sp³-hybridized carbons (Fsp3) is 0.400. The molecule has 8 heteroatoms. The molecule has 0 aliphatic heterocycles. The van der Waals surface area contributed by atoms with Crippen molar-refractivity contribution >= 4 is 33.8 Å². The molecule has 0 aliphatic rings. The van der Waals surface area contributed by atoms with Crippen LogP contribution in [-0.2, 0) is 10.8 Å². The molecule has 1 atom stereocenters. The number of nitrogens with one attached hydrogen (secondary N) is 1. The maximum atomic E-state index is 13.1. The van der Waals surface area contributed by atoms with E-state index in [0.29, 0.717) is 18.7 Å². The van der Waals surface area contributed by atoms with E-state index in [-0.39, 0.29) is 16.4 Å². The SMILES string of the molecule is CS(=O)CCCNc1cc(Cl)c(F)cc1[N+](=O)[O-]. The van der Waals surface area contributed by atoms with E-state index in [4.69, 9.17) is 11.6 Å². The number of rotatable bonds is 6. The average Bonchev–Trinajstić information content (AvgIpc) is 2.28. The zero-order chi connectivity index (χ0) is 13.7. The highest BCUT2D eigenvalue weighted by Gasteiger charge is 2.17. The zero-order valence-corrected chi connectivity index (χ0v) is 11.2. The highest BCUT2D eigenvalue weighted by Crippen LogP contribution is 2.30. The minimum atomic E-state index is -0.906. The molecule has 1 aromatic carbocycles. The van der Waals surface area contributed by atoms with Gasteiger partial charge in [-0.05, 0) is 12.5 Å². The molecule has 100 valence electrons. The second kappa shape index (κ2) is 6.65. The van der Waals surface area contributed by atoms with Crippen molar-refractivity contribution in [2.75, 3.05) is 23.9 Å². The van der Waals surface area contributed by atoms with Crippen molar-refractivity contribution in [1.82, 2.24) is 0 Å². The van der Waals surface area contributed by atoms with Crippen LogP contribution in [0.25, 0.3) is 0 Å². The van der Waals surface area contributed by atoms with Crippen LogP contribution in [0, 0.1) is 15.9 Å². The molecule has 0 aliphatic carbocycles. The van der Waals surface area contributed by atoms with Crippen LogP contribution in [0.2, 0.25) is 5.02 Å². The number of benzene rings is 1. The van der Waals surface area contributed by atoms with Gasteiger partial charge < -0.3 is 5.32 Å². The van der Waals surface area contributed by atoms with Crippen molar-refractivity contribution in [3.8, 4) is 0 Å². The summed E-state index contributed by atoms with van der Waals surface area (Å²) in [5.74, 6) is -0.334. The fourth-order valence-corrected chi connectivity index (χ4v) is 2.04. The van der Waals surface area contributed by atoms with Crippen molar-refractivity contribution in [2.45, 2.75) is 6.42 Å². The third-order valence-corrected chi connectivity index (χ3v) is 3.31. The molecule has 0 heterocycles. The van der Waals surface area contributed by atoms with Crippen molar-refractivity contribution in [1.29, 1.82) is 0 Å².